The highest BCUT2D eigenvalue weighted by Gasteiger charge is 2.30. The van der Waals surface area contributed by atoms with E-state index in [2.05, 4.69) is 30.6 Å². The molecule has 0 aliphatic rings. The smallest absolute Gasteiger partial charge is 0.361 e. The van der Waals surface area contributed by atoms with Gasteiger partial charge in [-0.05, 0) is 30.9 Å². The molecule has 0 bridgehead atoms. The Balaban J connectivity index is 0.000000402. The third kappa shape index (κ3) is 11.6. The van der Waals surface area contributed by atoms with Crippen LogP contribution in [0.1, 0.15) is 63.5 Å². The third-order valence-electron chi connectivity index (χ3n) is 5.39. The second-order valence-electron chi connectivity index (χ2n) is 8.65. The maximum absolute atomic E-state index is 12.3. The number of nitrogens with zero attached hydrogens (tertiary/aromatic N) is 4. The van der Waals surface area contributed by atoms with Crippen molar-refractivity contribution >= 4 is 56.4 Å². The lowest BCUT2D eigenvalue weighted by atomic mass is 10.0. The van der Waals surface area contributed by atoms with Crippen molar-refractivity contribution in [1.29, 1.82) is 0 Å². The standard InChI is InChI=1S/C11H15ClF3N3O2S.C11H15ClF3N3S/c1-4-6(2)7-8(12)17-10(21(3,19)20)18-9(7)16-5-11(13,14)15;1-4-6(2)7-8(12)17-10(19-3)18-9(7)16-5-11(13,14)15/h6H,4-5H2,1-3H3,(H,16,17,18);6H,4-5H2,1-3H3,(H,16,17,18). The van der Waals surface area contributed by atoms with E-state index in [1.165, 1.54) is 11.8 Å². The van der Waals surface area contributed by atoms with Crippen molar-refractivity contribution in [3.8, 4) is 0 Å². The summed E-state index contributed by atoms with van der Waals surface area (Å²) in [4.78, 5) is 15.5. The molecule has 0 aliphatic carbocycles. The third-order valence-corrected chi connectivity index (χ3v) is 7.36. The van der Waals surface area contributed by atoms with Crippen LogP contribution in [0.5, 0.6) is 0 Å². The first kappa shape index (κ1) is 36.2. The van der Waals surface area contributed by atoms with Crippen molar-refractivity contribution < 1.29 is 34.8 Å². The Labute approximate surface area is 243 Å². The zero-order valence-electron chi connectivity index (χ0n) is 22.4. The molecule has 0 spiro atoms. The Bertz CT molecular complexity index is 1250. The molecule has 0 aromatic carbocycles. The highest BCUT2D eigenvalue weighted by Crippen LogP contribution is 2.34. The molecule has 0 amide bonds. The summed E-state index contributed by atoms with van der Waals surface area (Å²) in [6.07, 6.45) is -4.85. The Morgan fingerprint density at radius 3 is 1.55 bits per heavy atom. The quantitative estimate of drug-likeness (QED) is 0.117. The SMILES string of the molecule is CCC(C)c1c(Cl)nc(S(C)(=O)=O)nc1NCC(F)(F)F.CCC(C)c1c(Cl)nc(SC)nc1NCC(F)(F)F. The maximum Gasteiger partial charge on any atom is 0.405 e. The second-order valence-corrected chi connectivity index (χ2v) is 12.0. The van der Waals surface area contributed by atoms with E-state index in [1.54, 1.807) is 13.2 Å². The Morgan fingerprint density at radius 2 is 1.20 bits per heavy atom. The monoisotopic (exact) mass is 658 g/mol. The highest BCUT2D eigenvalue weighted by atomic mass is 35.5. The Morgan fingerprint density at radius 1 is 0.800 bits per heavy atom. The van der Waals surface area contributed by atoms with E-state index < -0.39 is 40.4 Å². The molecule has 2 aromatic rings. The number of thioether (sulfide) groups is 1. The molecule has 2 atom stereocenters. The molecule has 0 saturated carbocycles. The van der Waals surface area contributed by atoms with Gasteiger partial charge in [-0.1, -0.05) is 62.7 Å². The van der Waals surface area contributed by atoms with Gasteiger partial charge in [0.2, 0.25) is 15.0 Å². The molecule has 0 saturated heterocycles. The minimum atomic E-state index is -4.46. The minimum absolute atomic E-state index is 0.0147. The first-order valence-electron chi connectivity index (χ1n) is 11.7. The lowest BCUT2D eigenvalue weighted by molar-refractivity contribution is -0.116. The summed E-state index contributed by atoms with van der Waals surface area (Å²) in [6.45, 7) is 4.88. The number of sulfone groups is 1. The number of rotatable bonds is 10. The van der Waals surface area contributed by atoms with E-state index in [1.807, 2.05) is 20.8 Å². The Kier molecular flexibility index (Phi) is 13.5. The molecule has 8 nitrogen and oxygen atoms in total. The van der Waals surface area contributed by atoms with E-state index in [-0.39, 0.29) is 39.3 Å². The van der Waals surface area contributed by atoms with Gasteiger partial charge in [-0.25, -0.2) is 28.4 Å². The van der Waals surface area contributed by atoms with Crippen LogP contribution in [-0.4, -0.2) is 66.3 Å². The van der Waals surface area contributed by atoms with Crippen molar-refractivity contribution in [2.24, 2.45) is 0 Å². The fraction of sp³-hybridized carbons (Fsp3) is 0.636. The topological polar surface area (TPSA) is 110 Å². The van der Waals surface area contributed by atoms with Gasteiger partial charge in [-0.2, -0.15) is 26.3 Å². The molecule has 18 heteroatoms. The van der Waals surface area contributed by atoms with Gasteiger partial charge in [-0.3, -0.25) is 0 Å². The molecule has 2 unspecified atom stereocenters. The summed E-state index contributed by atoms with van der Waals surface area (Å²) in [5.41, 5.74) is 0.807. The van der Waals surface area contributed by atoms with Crippen LogP contribution in [0, 0.1) is 0 Å². The molecule has 0 aliphatic heterocycles. The normalized spacial score (nSPS) is 13.8. The van der Waals surface area contributed by atoms with Crippen molar-refractivity contribution in [2.75, 3.05) is 36.2 Å². The van der Waals surface area contributed by atoms with E-state index in [4.69, 9.17) is 23.2 Å². The lowest BCUT2D eigenvalue weighted by Crippen LogP contribution is -2.23. The fourth-order valence-corrected chi connectivity index (χ4v) is 4.71. The van der Waals surface area contributed by atoms with Crippen LogP contribution in [0.4, 0.5) is 38.0 Å². The molecule has 2 N–H and O–H groups in total. The van der Waals surface area contributed by atoms with Crippen molar-refractivity contribution in [3.63, 3.8) is 0 Å². The van der Waals surface area contributed by atoms with Crippen LogP contribution in [0.25, 0.3) is 0 Å². The molecule has 2 aromatic heterocycles. The lowest BCUT2D eigenvalue weighted by Gasteiger charge is -2.18. The van der Waals surface area contributed by atoms with Crippen molar-refractivity contribution in [3.05, 3.63) is 21.4 Å². The summed E-state index contributed by atoms with van der Waals surface area (Å²) in [6, 6.07) is 0. The van der Waals surface area contributed by atoms with E-state index >= 15 is 0 Å². The summed E-state index contributed by atoms with van der Waals surface area (Å²) in [5, 5.41) is 4.19. The maximum atomic E-state index is 12.3. The summed E-state index contributed by atoms with van der Waals surface area (Å²) >= 11 is 13.2. The molecule has 0 radical (unpaired) electrons. The van der Waals surface area contributed by atoms with Gasteiger partial charge < -0.3 is 10.6 Å². The predicted molar refractivity (Wildman–Crippen MR) is 145 cm³/mol. The molecule has 2 rings (SSSR count). The van der Waals surface area contributed by atoms with Gasteiger partial charge in [-0.15, -0.1) is 0 Å². The largest absolute Gasteiger partial charge is 0.405 e. The average Bonchev–Trinajstić information content (AvgIpc) is 2.83. The highest BCUT2D eigenvalue weighted by molar-refractivity contribution is 7.98. The van der Waals surface area contributed by atoms with Crippen molar-refractivity contribution in [2.45, 2.75) is 75.0 Å². The molecular weight excluding hydrogens is 629 g/mol. The van der Waals surface area contributed by atoms with Gasteiger partial charge in [0.05, 0.1) is 0 Å². The van der Waals surface area contributed by atoms with Gasteiger partial charge >= 0.3 is 12.4 Å². The first-order chi connectivity index (χ1) is 18.2. The van der Waals surface area contributed by atoms with Crippen molar-refractivity contribution in [1.82, 2.24) is 19.9 Å². The van der Waals surface area contributed by atoms with E-state index in [0.29, 0.717) is 17.1 Å². The number of nitrogens with one attached hydrogen (secondary N) is 2. The van der Waals surface area contributed by atoms with Crippen LogP contribution in [0.2, 0.25) is 10.3 Å². The predicted octanol–water partition coefficient (Wildman–Crippen LogP) is 7.36. The Hall–Kier alpha value is -1.78. The number of halogens is 8. The van der Waals surface area contributed by atoms with Crippen LogP contribution in [-0.2, 0) is 9.84 Å². The molecule has 2 heterocycles. The van der Waals surface area contributed by atoms with Gasteiger partial charge in [0.25, 0.3) is 0 Å². The number of hydrogen-bond donors (Lipinski definition) is 2. The summed E-state index contributed by atoms with van der Waals surface area (Å²) in [5.74, 6) is -0.279. The summed E-state index contributed by atoms with van der Waals surface area (Å²) in [7, 11) is -3.78. The summed E-state index contributed by atoms with van der Waals surface area (Å²) < 4.78 is 96.8. The molecule has 0 fully saturated rings. The number of hydrogen-bond acceptors (Lipinski definition) is 9. The minimum Gasteiger partial charge on any atom is -0.361 e. The van der Waals surface area contributed by atoms with Gasteiger partial charge in [0.1, 0.15) is 35.0 Å². The number of alkyl halides is 6. The number of anilines is 2. The molecule has 228 valence electrons. The average molecular weight is 660 g/mol. The van der Waals surface area contributed by atoms with Crippen LogP contribution >= 0.6 is 35.0 Å². The molecule has 40 heavy (non-hydrogen) atoms. The van der Waals surface area contributed by atoms with Crippen LogP contribution < -0.4 is 10.6 Å². The van der Waals surface area contributed by atoms with Gasteiger partial charge in [0.15, 0.2) is 5.16 Å². The van der Waals surface area contributed by atoms with Crippen LogP contribution in [0.3, 0.4) is 0 Å². The number of aromatic nitrogens is 4. The molecular formula is C22H30Cl2F6N6O2S2. The van der Waals surface area contributed by atoms with E-state index in [9.17, 15) is 34.8 Å². The fourth-order valence-electron chi connectivity index (χ4n) is 3.02. The second kappa shape index (κ2) is 14.9. The van der Waals surface area contributed by atoms with E-state index in [0.717, 1.165) is 12.7 Å². The zero-order valence-corrected chi connectivity index (χ0v) is 25.6. The van der Waals surface area contributed by atoms with Crippen LogP contribution in [0.15, 0.2) is 10.3 Å². The van der Waals surface area contributed by atoms with Gasteiger partial charge in [0, 0.05) is 17.4 Å². The first-order valence-corrected chi connectivity index (χ1v) is 15.6. The zero-order chi connectivity index (χ0) is 31.1.